The molecule has 0 heterocycles. The third kappa shape index (κ3) is 3.26. The normalized spacial score (nSPS) is 11.2. The van der Waals surface area contributed by atoms with Gasteiger partial charge in [0.2, 0.25) is 0 Å². The Labute approximate surface area is 108 Å². The van der Waals surface area contributed by atoms with Gasteiger partial charge >= 0.3 is 5.97 Å². The zero-order valence-corrected chi connectivity index (χ0v) is 11.5. The molecule has 0 aliphatic carbocycles. The number of carbonyl (C=O) groups excluding carboxylic acids is 1. The van der Waals surface area contributed by atoms with Crippen LogP contribution in [0, 0.1) is 3.57 Å². The number of hydrogen-bond donors (Lipinski definition) is 2. The van der Waals surface area contributed by atoms with Crippen LogP contribution in [0.25, 0.3) is 0 Å². The molecule has 0 radical (unpaired) electrons. The minimum atomic E-state index is -0.565. The van der Waals surface area contributed by atoms with E-state index in [1.165, 1.54) is 12.1 Å². The molecule has 1 rings (SSSR count). The number of nitrogen functional groups attached to an aromatic ring is 1. The number of hydrogen-bond acceptors (Lipinski definition) is 4. The van der Waals surface area contributed by atoms with E-state index in [4.69, 9.17) is 10.5 Å². The molecular weight excluding hydrogens is 321 g/mol. The number of benzene rings is 1. The molecule has 0 saturated heterocycles. The van der Waals surface area contributed by atoms with Crippen molar-refractivity contribution in [1.82, 2.24) is 0 Å². The molecular formula is C11H14INO3. The molecule has 0 aromatic heterocycles. The van der Waals surface area contributed by atoms with Crippen molar-refractivity contribution >= 4 is 34.2 Å². The van der Waals surface area contributed by atoms with Crippen molar-refractivity contribution in [2.24, 2.45) is 0 Å². The molecule has 0 saturated carbocycles. The highest BCUT2D eigenvalue weighted by Crippen LogP contribution is 2.28. The third-order valence-electron chi connectivity index (χ3n) is 1.72. The summed E-state index contributed by atoms with van der Waals surface area (Å²) in [7, 11) is 0. The molecule has 0 fully saturated rings. The van der Waals surface area contributed by atoms with Crippen molar-refractivity contribution in [3.8, 4) is 5.75 Å². The van der Waals surface area contributed by atoms with Crippen molar-refractivity contribution in [2.75, 3.05) is 5.73 Å². The Kier molecular flexibility index (Phi) is 3.67. The van der Waals surface area contributed by atoms with Crippen molar-refractivity contribution < 1.29 is 14.6 Å². The first kappa shape index (κ1) is 13.1. The van der Waals surface area contributed by atoms with Gasteiger partial charge in [-0.2, -0.15) is 0 Å². The summed E-state index contributed by atoms with van der Waals surface area (Å²) in [6, 6.07) is 2.85. The Bertz CT molecular complexity index is 401. The Morgan fingerprint density at radius 3 is 2.44 bits per heavy atom. The first-order valence-corrected chi connectivity index (χ1v) is 5.80. The molecule has 0 spiro atoms. The smallest absolute Gasteiger partial charge is 0.338 e. The number of esters is 1. The first-order valence-electron chi connectivity index (χ1n) is 4.72. The first-order chi connectivity index (χ1) is 7.20. The second-order valence-electron chi connectivity index (χ2n) is 4.40. The summed E-state index contributed by atoms with van der Waals surface area (Å²) >= 11 is 1.91. The van der Waals surface area contributed by atoms with Crippen LogP contribution in [0.5, 0.6) is 5.75 Å². The van der Waals surface area contributed by atoms with Crippen LogP contribution in [0.1, 0.15) is 31.1 Å². The molecule has 0 aliphatic rings. The fourth-order valence-corrected chi connectivity index (χ4v) is 1.40. The second-order valence-corrected chi connectivity index (χ2v) is 5.48. The van der Waals surface area contributed by atoms with Gasteiger partial charge in [-0.15, -0.1) is 0 Å². The van der Waals surface area contributed by atoms with E-state index >= 15 is 0 Å². The van der Waals surface area contributed by atoms with E-state index in [9.17, 15) is 9.90 Å². The van der Waals surface area contributed by atoms with Crippen LogP contribution >= 0.6 is 22.6 Å². The predicted octanol–water partition coefficient (Wildman–Crippen LogP) is 2.53. The SMILES string of the molecule is CC(C)(C)OC(=O)c1cc(N)c(I)c(O)c1. The van der Waals surface area contributed by atoms with Gasteiger partial charge in [-0.05, 0) is 55.5 Å². The van der Waals surface area contributed by atoms with Crippen LogP contribution < -0.4 is 5.73 Å². The number of ether oxygens (including phenoxy) is 1. The zero-order valence-electron chi connectivity index (χ0n) is 9.37. The average molecular weight is 335 g/mol. The van der Waals surface area contributed by atoms with E-state index in [2.05, 4.69) is 0 Å². The molecule has 0 aliphatic heterocycles. The summed E-state index contributed by atoms with van der Waals surface area (Å²) in [5, 5.41) is 9.53. The van der Waals surface area contributed by atoms with Crippen molar-refractivity contribution in [3.05, 3.63) is 21.3 Å². The van der Waals surface area contributed by atoms with Crippen LogP contribution in [-0.2, 0) is 4.74 Å². The average Bonchev–Trinajstić information content (AvgIpc) is 2.10. The number of phenolic OH excluding ortho intramolecular Hbond substituents is 1. The van der Waals surface area contributed by atoms with E-state index in [-0.39, 0.29) is 11.3 Å². The van der Waals surface area contributed by atoms with Crippen molar-refractivity contribution in [1.29, 1.82) is 0 Å². The minimum absolute atomic E-state index is 0.0125. The summed E-state index contributed by atoms with van der Waals surface area (Å²) in [6.45, 7) is 5.34. The van der Waals surface area contributed by atoms with Crippen molar-refractivity contribution in [3.63, 3.8) is 0 Å². The maximum atomic E-state index is 11.7. The third-order valence-corrected chi connectivity index (χ3v) is 2.89. The predicted molar refractivity (Wildman–Crippen MR) is 70.4 cm³/mol. The van der Waals surface area contributed by atoms with E-state index in [1.807, 2.05) is 22.6 Å². The van der Waals surface area contributed by atoms with Crippen LogP contribution in [0.15, 0.2) is 12.1 Å². The lowest BCUT2D eigenvalue weighted by molar-refractivity contribution is 0.00691. The number of halogens is 1. The molecule has 3 N–H and O–H groups in total. The van der Waals surface area contributed by atoms with Gasteiger partial charge in [-0.25, -0.2) is 4.79 Å². The number of carbonyl (C=O) groups is 1. The van der Waals surface area contributed by atoms with Gasteiger partial charge in [-0.3, -0.25) is 0 Å². The largest absolute Gasteiger partial charge is 0.507 e. The van der Waals surface area contributed by atoms with Crippen LogP contribution in [-0.4, -0.2) is 16.7 Å². The Balaban J connectivity index is 3.02. The Morgan fingerprint density at radius 1 is 1.44 bits per heavy atom. The zero-order chi connectivity index (χ0) is 12.5. The van der Waals surface area contributed by atoms with E-state index in [0.717, 1.165) is 0 Å². The van der Waals surface area contributed by atoms with Gasteiger partial charge in [0.05, 0.1) is 9.13 Å². The standard InChI is InChI=1S/C11H14INO3/c1-11(2,3)16-10(15)6-4-7(13)9(12)8(14)5-6/h4-5,14H,13H2,1-3H3. The monoisotopic (exact) mass is 335 g/mol. The fraction of sp³-hybridized carbons (Fsp3) is 0.364. The topological polar surface area (TPSA) is 72.5 Å². The highest BCUT2D eigenvalue weighted by atomic mass is 127. The maximum absolute atomic E-state index is 11.7. The molecule has 0 amide bonds. The molecule has 0 atom stereocenters. The van der Waals surface area contributed by atoms with E-state index < -0.39 is 11.6 Å². The molecule has 4 nitrogen and oxygen atoms in total. The summed E-state index contributed by atoms with van der Waals surface area (Å²) in [5.74, 6) is -0.507. The number of phenols is 1. The summed E-state index contributed by atoms with van der Waals surface area (Å²) in [4.78, 5) is 11.7. The molecule has 0 bridgehead atoms. The van der Waals surface area contributed by atoms with Gasteiger partial charge in [0, 0.05) is 5.69 Å². The Morgan fingerprint density at radius 2 is 2.00 bits per heavy atom. The summed E-state index contributed by atoms with van der Waals surface area (Å²) < 4.78 is 5.70. The van der Waals surface area contributed by atoms with E-state index in [0.29, 0.717) is 9.26 Å². The lowest BCUT2D eigenvalue weighted by Gasteiger charge is -2.19. The molecule has 5 heteroatoms. The van der Waals surface area contributed by atoms with E-state index in [1.54, 1.807) is 20.8 Å². The molecule has 88 valence electrons. The molecule has 0 unspecified atom stereocenters. The summed E-state index contributed by atoms with van der Waals surface area (Å²) in [6.07, 6.45) is 0. The number of aromatic hydroxyl groups is 1. The fourth-order valence-electron chi connectivity index (χ4n) is 1.09. The summed E-state index contributed by atoms with van der Waals surface area (Å²) in [5.41, 5.74) is 5.70. The molecule has 16 heavy (non-hydrogen) atoms. The second kappa shape index (κ2) is 4.48. The lowest BCUT2D eigenvalue weighted by Crippen LogP contribution is -2.24. The van der Waals surface area contributed by atoms with Gasteiger partial charge in [0.25, 0.3) is 0 Å². The number of rotatable bonds is 1. The number of nitrogens with two attached hydrogens (primary N) is 1. The lowest BCUT2D eigenvalue weighted by atomic mass is 10.1. The highest BCUT2D eigenvalue weighted by Gasteiger charge is 2.19. The van der Waals surface area contributed by atoms with Gasteiger partial charge in [-0.1, -0.05) is 0 Å². The minimum Gasteiger partial charge on any atom is -0.507 e. The maximum Gasteiger partial charge on any atom is 0.338 e. The number of anilines is 1. The molecule has 1 aromatic rings. The van der Waals surface area contributed by atoms with Crippen LogP contribution in [0.4, 0.5) is 5.69 Å². The quantitative estimate of drug-likeness (QED) is 0.470. The molecule has 1 aromatic carbocycles. The van der Waals surface area contributed by atoms with Crippen LogP contribution in [0.2, 0.25) is 0 Å². The Hall–Kier alpha value is -0.980. The van der Waals surface area contributed by atoms with Crippen molar-refractivity contribution in [2.45, 2.75) is 26.4 Å². The van der Waals surface area contributed by atoms with Gasteiger partial charge in [0.1, 0.15) is 11.4 Å². The highest BCUT2D eigenvalue weighted by molar-refractivity contribution is 14.1. The van der Waals surface area contributed by atoms with Gasteiger partial charge < -0.3 is 15.6 Å². The van der Waals surface area contributed by atoms with Crippen LogP contribution in [0.3, 0.4) is 0 Å². The van der Waals surface area contributed by atoms with Gasteiger partial charge in [0.15, 0.2) is 0 Å².